The van der Waals surface area contributed by atoms with E-state index in [0.29, 0.717) is 13.0 Å². The Morgan fingerprint density at radius 3 is 2.83 bits per heavy atom. The van der Waals surface area contributed by atoms with E-state index < -0.39 is 0 Å². The van der Waals surface area contributed by atoms with Gasteiger partial charge in [-0.05, 0) is 24.1 Å². The average Bonchev–Trinajstić information content (AvgIpc) is 3.09. The topological polar surface area (TPSA) is 46.7 Å². The molecule has 0 spiro atoms. The minimum atomic E-state index is 0.126. The lowest BCUT2D eigenvalue weighted by atomic mass is 9.98. The minimum Gasteiger partial charge on any atom is -0.463 e. The summed E-state index contributed by atoms with van der Waals surface area (Å²) in [6, 6.07) is 12.8. The Morgan fingerprint density at radius 1 is 1.26 bits per heavy atom. The SMILES string of the molecule is CCCC(=O)NC[C@H](c1ccco1)[NH+]1CCc2ccccc2C1. The maximum atomic E-state index is 11.8. The van der Waals surface area contributed by atoms with Gasteiger partial charge in [-0.1, -0.05) is 31.2 Å². The third-order valence-corrected chi connectivity index (χ3v) is 4.61. The number of quaternary nitrogens is 1. The van der Waals surface area contributed by atoms with Gasteiger partial charge in [0.1, 0.15) is 6.54 Å². The van der Waals surface area contributed by atoms with E-state index in [1.54, 1.807) is 6.26 Å². The van der Waals surface area contributed by atoms with Crippen LogP contribution in [0.5, 0.6) is 0 Å². The summed E-state index contributed by atoms with van der Waals surface area (Å²) in [7, 11) is 0. The van der Waals surface area contributed by atoms with Crippen molar-refractivity contribution in [3.05, 3.63) is 59.5 Å². The van der Waals surface area contributed by atoms with Crippen molar-refractivity contribution in [3.8, 4) is 0 Å². The molecule has 23 heavy (non-hydrogen) atoms. The molecule has 0 aliphatic carbocycles. The second-order valence-corrected chi connectivity index (χ2v) is 6.23. The van der Waals surface area contributed by atoms with Crippen molar-refractivity contribution < 1.29 is 14.1 Å². The molecule has 4 heteroatoms. The molecule has 0 radical (unpaired) electrons. The number of amides is 1. The first-order valence-corrected chi connectivity index (χ1v) is 8.49. The summed E-state index contributed by atoms with van der Waals surface area (Å²) in [5.41, 5.74) is 2.86. The molecule has 0 fully saturated rings. The summed E-state index contributed by atoms with van der Waals surface area (Å²) in [6.45, 7) is 4.69. The normalized spacial score (nSPS) is 18.2. The quantitative estimate of drug-likeness (QED) is 0.855. The molecule has 2 N–H and O–H groups in total. The van der Waals surface area contributed by atoms with Crippen LogP contribution in [0.25, 0.3) is 0 Å². The summed E-state index contributed by atoms with van der Waals surface area (Å²) in [5, 5.41) is 3.07. The second kappa shape index (κ2) is 7.47. The van der Waals surface area contributed by atoms with Crippen LogP contribution in [0.1, 0.15) is 42.7 Å². The van der Waals surface area contributed by atoms with Gasteiger partial charge in [-0.15, -0.1) is 0 Å². The molecular formula is C19H25N2O2+. The number of hydrogen-bond acceptors (Lipinski definition) is 2. The summed E-state index contributed by atoms with van der Waals surface area (Å²) in [5.74, 6) is 1.08. The standard InChI is InChI=1S/C19H24N2O2/c1-2-6-19(22)20-13-17(18-9-5-12-23-18)21-11-10-15-7-3-4-8-16(15)14-21/h3-5,7-9,12,17H,2,6,10-11,13-14H2,1H3,(H,20,22)/p+1/t17-/m1/s1. The van der Waals surface area contributed by atoms with Gasteiger partial charge in [0.25, 0.3) is 0 Å². The van der Waals surface area contributed by atoms with Crippen LogP contribution in [0.15, 0.2) is 47.1 Å². The third-order valence-electron chi connectivity index (χ3n) is 4.61. The number of furan rings is 1. The molecule has 1 aromatic carbocycles. The first-order valence-electron chi connectivity index (χ1n) is 8.49. The molecule has 1 aliphatic rings. The van der Waals surface area contributed by atoms with E-state index in [2.05, 4.69) is 29.6 Å². The molecule has 2 heterocycles. The first kappa shape index (κ1) is 15.8. The van der Waals surface area contributed by atoms with Crippen molar-refractivity contribution in [1.82, 2.24) is 5.32 Å². The van der Waals surface area contributed by atoms with Gasteiger partial charge in [-0.3, -0.25) is 4.79 Å². The van der Waals surface area contributed by atoms with Crippen LogP contribution < -0.4 is 10.2 Å². The van der Waals surface area contributed by atoms with E-state index >= 15 is 0 Å². The zero-order valence-corrected chi connectivity index (χ0v) is 13.7. The fraction of sp³-hybridized carbons (Fsp3) is 0.421. The Labute approximate surface area is 137 Å². The van der Waals surface area contributed by atoms with Crippen LogP contribution in [-0.4, -0.2) is 19.0 Å². The zero-order valence-electron chi connectivity index (χ0n) is 13.7. The van der Waals surface area contributed by atoms with Crippen LogP contribution in [-0.2, 0) is 17.8 Å². The van der Waals surface area contributed by atoms with Crippen molar-refractivity contribution in [2.45, 2.75) is 38.8 Å². The Kier molecular flexibility index (Phi) is 5.13. The molecule has 4 nitrogen and oxygen atoms in total. The van der Waals surface area contributed by atoms with Crippen molar-refractivity contribution in [3.63, 3.8) is 0 Å². The minimum absolute atomic E-state index is 0.126. The van der Waals surface area contributed by atoms with E-state index in [1.807, 2.05) is 19.1 Å². The van der Waals surface area contributed by atoms with E-state index in [9.17, 15) is 4.79 Å². The average molecular weight is 313 g/mol. The maximum Gasteiger partial charge on any atom is 0.220 e. The van der Waals surface area contributed by atoms with Gasteiger partial charge in [0.15, 0.2) is 11.8 Å². The Morgan fingerprint density at radius 2 is 2.09 bits per heavy atom. The molecule has 0 saturated carbocycles. The monoisotopic (exact) mass is 313 g/mol. The van der Waals surface area contributed by atoms with Crippen LogP contribution in [0, 0.1) is 0 Å². The van der Waals surface area contributed by atoms with Gasteiger partial charge in [-0.25, -0.2) is 0 Å². The lowest BCUT2D eigenvalue weighted by molar-refractivity contribution is -0.946. The highest BCUT2D eigenvalue weighted by atomic mass is 16.3. The van der Waals surface area contributed by atoms with Crippen molar-refractivity contribution in [2.24, 2.45) is 0 Å². The van der Waals surface area contributed by atoms with Crippen LogP contribution in [0.4, 0.5) is 0 Å². The van der Waals surface area contributed by atoms with Gasteiger partial charge >= 0.3 is 0 Å². The Balaban J connectivity index is 1.73. The highest BCUT2D eigenvalue weighted by Crippen LogP contribution is 2.15. The second-order valence-electron chi connectivity index (χ2n) is 6.23. The summed E-state index contributed by atoms with van der Waals surface area (Å²) in [6.07, 6.45) is 4.25. The van der Waals surface area contributed by atoms with Crippen molar-refractivity contribution in [1.29, 1.82) is 0 Å². The van der Waals surface area contributed by atoms with Crippen LogP contribution >= 0.6 is 0 Å². The molecule has 1 unspecified atom stereocenters. The molecule has 3 rings (SSSR count). The zero-order chi connectivity index (χ0) is 16.1. The molecule has 122 valence electrons. The van der Waals surface area contributed by atoms with E-state index in [1.165, 1.54) is 16.0 Å². The number of carbonyl (C=O) groups excluding carboxylic acids is 1. The van der Waals surface area contributed by atoms with E-state index in [4.69, 9.17) is 4.42 Å². The molecule has 1 aromatic heterocycles. The van der Waals surface area contributed by atoms with Gasteiger partial charge < -0.3 is 14.6 Å². The number of fused-ring (bicyclic) bond motifs is 1. The molecule has 2 aromatic rings. The number of carbonyl (C=O) groups is 1. The van der Waals surface area contributed by atoms with E-state index in [0.717, 1.165) is 31.7 Å². The Hall–Kier alpha value is -2.07. The number of nitrogens with one attached hydrogen (secondary N) is 2. The van der Waals surface area contributed by atoms with Gasteiger partial charge in [-0.2, -0.15) is 0 Å². The highest BCUT2D eigenvalue weighted by molar-refractivity contribution is 5.75. The number of rotatable bonds is 6. The van der Waals surface area contributed by atoms with Crippen molar-refractivity contribution >= 4 is 5.91 Å². The highest BCUT2D eigenvalue weighted by Gasteiger charge is 2.30. The molecule has 2 atom stereocenters. The molecule has 0 bridgehead atoms. The van der Waals surface area contributed by atoms with E-state index in [-0.39, 0.29) is 11.9 Å². The molecular weight excluding hydrogens is 288 g/mol. The van der Waals surface area contributed by atoms with Crippen LogP contribution in [0.3, 0.4) is 0 Å². The van der Waals surface area contributed by atoms with Crippen molar-refractivity contribution in [2.75, 3.05) is 13.1 Å². The first-order chi connectivity index (χ1) is 11.3. The number of hydrogen-bond donors (Lipinski definition) is 2. The summed E-state index contributed by atoms with van der Waals surface area (Å²) < 4.78 is 5.66. The molecule has 0 saturated heterocycles. The fourth-order valence-electron chi connectivity index (χ4n) is 3.37. The fourth-order valence-corrected chi connectivity index (χ4v) is 3.37. The largest absolute Gasteiger partial charge is 0.463 e. The third kappa shape index (κ3) is 3.82. The van der Waals surface area contributed by atoms with Gasteiger partial charge in [0, 0.05) is 18.4 Å². The molecule has 1 aliphatic heterocycles. The Bertz CT molecular complexity index is 637. The van der Waals surface area contributed by atoms with Gasteiger partial charge in [0.2, 0.25) is 5.91 Å². The summed E-state index contributed by atoms with van der Waals surface area (Å²) in [4.78, 5) is 13.3. The smallest absolute Gasteiger partial charge is 0.220 e. The lowest BCUT2D eigenvalue weighted by Crippen LogP contribution is -3.12. The maximum absolute atomic E-state index is 11.8. The number of benzene rings is 1. The summed E-state index contributed by atoms with van der Waals surface area (Å²) >= 11 is 0. The van der Waals surface area contributed by atoms with Gasteiger partial charge in [0.05, 0.1) is 19.4 Å². The predicted molar refractivity (Wildman–Crippen MR) is 89.0 cm³/mol. The van der Waals surface area contributed by atoms with Crippen LogP contribution in [0.2, 0.25) is 0 Å². The lowest BCUT2D eigenvalue weighted by Gasteiger charge is -2.31. The predicted octanol–water partition coefficient (Wildman–Crippen LogP) is 1.88. The molecule has 1 amide bonds.